The molecule has 0 spiro atoms. The fourth-order valence-corrected chi connectivity index (χ4v) is 2.71. The predicted molar refractivity (Wildman–Crippen MR) is 102 cm³/mol. The summed E-state index contributed by atoms with van der Waals surface area (Å²) in [6, 6.07) is 14.9. The highest BCUT2D eigenvalue weighted by molar-refractivity contribution is 9.10. The number of carbonyl (C=O) groups is 2. The monoisotopic (exact) mass is 401 g/mol. The van der Waals surface area contributed by atoms with Gasteiger partial charge in [0.05, 0.1) is 19.6 Å². The van der Waals surface area contributed by atoms with Crippen LogP contribution in [0.2, 0.25) is 0 Å². The molecule has 0 aliphatic heterocycles. The molecule has 1 N–H and O–H groups in total. The molecule has 1 unspecified atom stereocenters. The van der Waals surface area contributed by atoms with Crippen molar-refractivity contribution in [2.75, 3.05) is 7.11 Å². The van der Waals surface area contributed by atoms with Crippen LogP contribution in [0.1, 0.15) is 29.2 Å². The van der Waals surface area contributed by atoms with Crippen LogP contribution in [0.4, 0.5) is 0 Å². The first-order chi connectivity index (χ1) is 12.0. The smallest absolute Gasteiger partial charge is 0.307 e. The lowest BCUT2D eigenvalue weighted by Crippen LogP contribution is -2.29. The van der Waals surface area contributed by atoms with Crippen LogP contribution in [-0.2, 0) is 14.3 Å². The van der Waals surface area contributed by atoms with Crippen molar-refractivity contribution < 1.29 is 14.3 Å². The summed E-state index contributed by atoms with van der Waals surface area (Å²) in [5.74, 6) is -0.651. The van der Waals surface area contributed by atoms with E-state index in [0.29, 0.717) is 0 Å². The number of methoxy groups -OCH3 is 1. The molecule has 2 aromatic carbocycles. The Bertz CT molecular complexity index is 769. The Labute approximate surface area is 156 Å². The van der Waals surface area contributed by atoms with Crippen LogP contribution in [0.3, 0.4) is 0 Å². The summed E-state index contributed by atoms with van der Waals surface area (Å²) < 4.78 is 5.61. The van der Waals surface area contributed by atoms with E-state index >= 15 is 0 Å². The number of benzene rings is 2. The maximum absolute atomic E-state index is 12.3. The fraction of sp³-hybridized carbons (Fsp3) is 0.200. The summed E-state index contributed by atoms with van der Waals surface area (Å²) in [5, 5.41) is 2.86. The van der Waals surface area contributed by atoms with Gasteiger partial charge >= 0.3 is 5.97 Å². The first kappa shape index (κ1) is 18.9. The third kappa shape index (κ3) is 6.19. The van der Waals surface area contributed by atoms with Crippen molar-refractivity contribution >= 4 is 33.9 Å². The zero-order valence-electron chi connectivity index (χ0n) is 14.2. The van der Waals surface area contributed by atoms with E-state index in [1.165, 1.54) is 13.2 Å². The summed E-state index contributed by atoms with van der Waals surface area (Å²) >= 11 is 3.40. The Kier molecular flexibility index (Phi) is 6.95. The SMILES string of the molecule is COC(=O)CC(NC(=O)C=Cc1ccc(C)cc1)c1cccc(Br)c1. The Morgan fingerprint density at radius 3 is 2.56 bits per heavy atom. The number of rotatable bonds is 6. The third-order valence-corrected chi connectivity index (χ3v) is 4.16. The van der Waals surface area contributed by atoms with Gasteiger partial charge in [0, 0.05) is 10.5 Å². The van der Waals surface area contributed by atoms with E-state index in [-0.39, 0.29) is 18.3 Å². The summed E-state index contributed by atoms with van der Waals surface area (Å²) in [6.45, 7) is 2.01. The molecule has 0 aliphatic rings. The van der Waals surface area contributed by atoms with E-state index in [9.17, 15) is 9.59 Å². The van der Waals surface area contributed by atoms with E-state index in [1.807, 2.05) is 55.5 Å². The number of nitrogens with one attached hydrogen (secondary N) is 1. The molecule has 0 saturated carbocycles. The van der Waals surface area contributed by atoms with Gasteiger partial charge in [-0.05, 0) is 36.3 Å². The van der Waals surface area contributed by atoms with Crippen molar-refractivity contribution in [3.63, 3.8) is 0 Å². The van der Waals surface area contributed by atoms with Crippen LogP contribution < -0.4 is 5.32 Å². The van der Waals surface area contributed by atoms with E-state index in [2.05, 4.69) is 21.2 Å². The molecular weight excluding hydrogens is 382 g/mol. The summed E-state index contributed by atoms with van der Waals surface area (Å²) in [7, 11) is 1.33. The molecular formula is C20H20BrNO3. The molecule has 0 saturated heterocycles. The molecule has 2 rings (SSSR count). The molecule has 0 fully saturated rings. The van der Waals surface area contributed by atoms with Gasteiger partial charge in [0.1, 0.15) is 0 Å². The molecule has 0 heterocycles. The van der Waals surface area contributed by atoms with Crippen molar-refractivity contribution in [3.8, 4) is 0 Å². The highest BCUT2D eigenvalue weighted by Gasteiger charge is 2.18. The molecule has 0 aliphatic carbocycles. The van der Waals surface area contributed by atoms with Gasteiger partial charge in [-0.25, -0.2) is 0 Å². The number of aryl methyl sites for hydroxylation is 1. The maximum atomic E-state index is 12.3. The van der Waals surface area contributed by atoms with Gasteiger partial charge in [-0.3, -0.25) is 9.59 Å². The van der Waals surface area contributed by atoms with Gasteiger partial charge in [0.2, 0.25) is 5.91 Å². The van der Waals surface area contributed by atoms with Crippen molar-refractivity contribution in [1.29, 1.82) is 0 Å². The Balaban J connectivity index is 2.10. The second kappa shape index (κ2) is 9.18. The summed E-state index contributed by atoms with van der Waals surface area (Å²) in [4.78, 5) is 23.9. The first-order valence-corrected chi connectivity index (χ1v) is 8.65. The van der Waals surface area contributed by atoms with E-state index in [0.717, 1.165) is 21.2 Å². The number of carbonyl (C=O) groups excluding carboxylic acids is 2. The van der Waals surface area contributed by atoms with Crippen LogP contribution in [0.25, 0.3) is 6.08 Å². The number of ether oxygens (including phenoxy) is 1. The van der Waals surface area contributed by atoms with Crippen LogP contribution in [0, 0.1) is 6.92 Å². The Morgan fingerprint density at radius 1 is 1.20 bits per heavy atom. The quantitative estimate of drug-likeness (QED) is 0.582. The second-order valence-corrected chi connectivity index (χ2v) is 6.56. The molecule has 1 amide bonds. The Morgan fingerprint density at radius 2 is 1.92 bits per heavy atom. The fourth-order valence-electron chi connectivity index (χ4n) is 2.29. The van der Waals surface area contributed by atoms with Crippen LogP contribution in [-0.4, -0.2) is 19.0 Å². The van der Waals surface area contributed by atoms with Crippen LogP contribution in [0.5, 0.6) is 0 Å². The zero-order valence-corrected chi connectivity index (χ0v) is 15.7. The number of esters is 1. The average Bonchev–Trinajstić information content (AvgIpc) is 2.60. The highest BCUT2D eigenvalue weighted by Crippen LogP contribution is 2.21. The highest BCUT2D eigenvalue weighted by atomic mass is 79.9. The molecule has 0 bridgehead atoms. The van der Waals surface area contributed by atoms with Gasteiger partial charge in [0.25, 0.3) is 0 Å². The zero-order chi connectivity index (χ0) is 18.2. The van der Waals surface area contributed by atoms with E-state index in [4.69, 9.17) is 4.74 Å². The number of hydrogen-bond acceptors (Lipinski definition) is 3. The van der Waals surface area contributed by atoms with E-state index < -0.39 is 6.04 Å². The third-order valence-electron chi connectivity index (χ3n) is 3.67. The van der Waals surface area contributed by atoms with Crippen molar-refractivity contribution in [3.05, 3.63) is 75.8 Å². The lowest BCUT2D eigenvalue weighted by atomic mass is 10.0. The number of hydrogen-bond donors (Lipinski definition) is 1. The predicted octanol–water partition coefficient (Wildman–Crippen LogP) is 4.19. The van der Waals surface area contributed by atoms with Crippen molar-refractivity contribution in [2.24, 2.45) is 0 Å². The summed E-state index contributed by atoms with van der Waals surface area (Å²) in [5.41, 5.74) is 2.93. The van der Waals surface area contributed by atoms with Crippen LogP contribution >= 0.6 is 15.9 Å². The van der Waals surface area contributed by atoms with Gasteiger partial charge in [-0.1, -0.05) is 57.9 Å². The Hall–Kier alpha value is -2.40. The molecule has 0 radical (unpaired) electrons. The lowest BCUT2D eigenvalue weighted by Gasteiger charge is -2.17. The van der Waals surface area contributed by atoms with Gasteiger partial charge < -0.3 is 10.1 Å². The lowest BCUT2D eigenvalue weighted by molar-refractivity contribution is -0.141. The largest absolute Gasteiger partial charge is 0.469 e. The molecule has 1 atom stereocenters. The minimum Gasteiger partial charge on any atom is -0.469 e. The van der Waals surface area contributed by atoms with Gasteiger partial charge in [0.15, 0.2) is 0 Å². The average molecular weight is 402 g/mol. The topological polar surface area (TPSA) is 55.4 Å². The van der Waals surface area contributed by atoms with Crippen LogP contribution in [0.15, 0.2) is 59.1 Å². The maximum Gasteiger partial charge on any atom is 0.307 e. The molecule has 0 aromatic heterocycles. The number of amides is 1. The second-order valence-electron chi connectivity index (χ2n) is 5.64. The van der Waals surface area contributed by atoms with E-state index in [1.54, 1.807) is 6.08 Å². The summed E-state index contributed by atoms with van der Waals surface area (Å²) in [6.07, 6.45) is 3.27. The molecule has 2 aromatic rings. The normalized spacial score (nSPS) is 12.0. The number of halogens is 1. The first-order valence-electron chi connectivity index (χ1n) is 7.85. The molecule has 4 nitrogen and oxygen atoms in total. The van der Waals surface area contributed by atoms with Crippen molar-refractivity contribution in [1.82, 2.24) is 5.32 Å². The molecule has 25 heavy (non-hydrogen) atoms. The minimum absolute atomic E-state index is 0.0665. The standard InChI is InChI=1S/C20H20BrNO3/c1-14-6-8-15(9-7-14)10-11-19(23)22-18(13-20(24)25-2)16-4-3-5-17(21)12-16/h3-12,18H,13H2,1-2H3,(H,22,23). The van der Waals surface area contributed by atoms with Crippen molar-refractivity contribution in [2.45, 2.75) is 19.4 Å². The van der Waals surface area contributed by atoms with Gasteiger partial charge in [-0.15, -0.1) is 0 Å². The van der Waals surface area contributed by atoms with Gasteiger partial charge in [-0.2, -0.15) is 0 Å². The molecule has 5 heteroatoms. The molecule has 130 valence electrons. The minimum atomic E-state index is -0.458.